The van der Waals surface area contributed by atoms with Gasteiger partial charge in [0.2, 0.25) is 0 Å². The van der Waals surface area contributed by atoms with Gasteiger partial charge >= 0.3 is 11.9 Å². The van der Waals surface area contributed by atoms with Crippen molar-refractivity contribution in [3.05, 3.63) is 0 Å². The van der Waals surface area contributed by atoms with Crippen molar-refractivity contribution >= 4 is 11.9 Å². The van der Waals surface area contributed by atoms with E-state index in [1.807, 2.05) is 0 Å². The van der Waals surface area contributed by atoms with Crippen LogP contribution in [0.4, 0.5) is 0 Å². The average Bonchev–Trinajstić information content (AvgIpc) is 2.79. The van der Waals surface area contributed by atoms with Crippen molar-refractivity contribution in [1.29, 1.82) is 0 Å². The Balaban J connectivity index is 2.34. The van der Waals surface area contributed by atoms with Gasteiger partial charge in [-0.3, -0.25) is 9.59 Å². The van der Waals surface area contributed by atoms with Crippen molar-refractivity contribution in [2.24, 2.45) is 17.8 Å². The van der Waals surface area contributed by atoms with Crippen LogP contribution in [0.25, 0.3) is 0 Å². The van der Waals surface area contributed by atoms with E-state index in [1.165, 1.54) is 77.0 Å². The first-order valence-electron chi connectivity index (χ1n) is 14.4. The minimum atomic E-state index is -0.764. The monoisotopic (exact) mass is 466 g/mol. The fraction of sp³-hybridized carbons (Fsp3) is 0.931. The second-order valence-electron chi connectivity index (χ2n) is 11.0. The Hall–Kier alpha value is -1.06. The lowest BCUT2D eigenvalue weighted by Crippen LogP contribution is -2.31. The van der Waals surface area contributed by atoms with Crippen LogP contribution in [-0.2, 0) is 14.3 Å². The largest absolute Gasteiger partial charge is 0.481 e. The van der Waals surface area contributed by atoms with E-state index in [0.29, 0.717) is 12.8 Å². The number of unbranched alkanes of at least 4 members (excludes halogenated alkanes) is 11. The van der Waals surface area contributed by atoms with Crippen LogP contribution >= 0.6 is 0 Å². The number of rotatable bonds is 20. The summed E-state index contributed by atoms with van der Waals surface area (Å²) in [7, 11) is 0. The molecule has 1 N–H and O–H groups in total. The Morgan fingerprint density at radius 3 is 1.79 bits per heavy atom. The number of carboxylic acid groups (broad SMARTS) is 1. The van der Waals surface area contributed by atoms with E-state index in [-0.39, 0.29) is 23.9 Å². The number of carboxylic acids is 1. The van der Waals surface area contributed by atoms with Gasteiger partial charge in [-0.1, -0.05) is 104 Å². The van der Waals surface area contributed by atoms with Gasteiger partial charge < -0.3 is 9.84 Å². The molecule has 0 bridgehead atoms. The van der Waals surface area contributed by atoms with E-state index in [1.54, 1.807) is 0 Å². The van der Waals surface area contributed by atoms with Gasteiger partial charge in [0.1, 0.15) is 6.10 Å². The zero-order valence-electron chi connectivity index (χ0n) is 22.1. The highest BCUT2D eigenvalue weighted by molar-refractivity contribution is 5.75. The molecule has 1 saturated carbocycles. The van der Waals surface area contributed by atoms with Crippen molar-refractivity contribution in [3.8, 4) is 0 Å². The smallest absolute Gasteiger partial charge is 0.309 e. The van der Waals surface area contributed by atoms with Crippen LogP contribution in [0.15, 0.2) is 0 Å². The molecular weight excluding hydrogens is 412 g/mol. The minimum Gasteiger partial charge on any atom is -0.481 e. The number of carbonyl (C=O) groups excluding carboxylic acids is 1. The lowest BCUT2D eigenvalue weighted by atomic mass is 9.81. The Morgan fingerprint density at radius 1 is 0.758 bits per heavy atom. The van der Waals surface area contributed by atoms with Crippen LogP contribution in [0.3, 0.4) is 0 Å². The molecule has 4 heteroatoms. The molecule has 0 aliphatic heterocycles. The first-order chi connectivity index (χ1) is 15.9. The van der Waals surface area contributed by atoms with E-state index >= 15 is 0 Å². The van der Waals surface area contributed by atoms with Crippen molar-refractivity contribution in [2.45, 2.75) is 155 Å². The molecule has 0 radical (unpaired) electrons. The minimum absolute atomic E-state index is 0.01000. The second-order valence-corrected chi connectivity index (χ2v) is 11.0. The topological polar surface area (TPSA) is 63.6 Å². The lowest BCUT2D eigenvalue weighted by Gasteiger charge is -2.27. The summed E-state index contributed by atoms with van der Waals surface area (Å²) in [4.78, 5) is 24.2. The van der Waals surface area contributed by atoms with Crippen LogP contribution in [0, 0.1) is 17.8 Å². The summed E-state index contributed by atoms with van der Waals surface area (Å²) < 4.78 is 6.00. The highest BCUT2D eigenvalue weighted by Gasteiger charge is 2.32. The SMILES string of the molecule is CCCCCCCCCCCCC(CCCCCC(C)C)OC(=O)C1CCCC(C(=O)O)C1. The summed E-state index contributed by atoms with van der Waals surface area (Å²) in [5, 5.41) is 9.33. The molecule has 0 heterocycles. The van der Waals surface area contributed by atoms with Gasteiger partial charge in [-0.25, -0.2) is 0 Å². The van der Waals surface area contributed by atoms with Crippen molar-refractivity contribution in [2.75, 3.05) is 0 Å². The molecule has 0 spiro atoms. The van der Waals surface area contributed by atoms with Gasteiger partial charge in [-0.05, 0) is 50.9 Å². The molecule has 4 nitrogen and oxygen atoms in total. The predicted molar refractivity (Wildman–Crippen MR) is 137 cm³/mol. The number of aliphatic carboxylic acids is 1. The predicted octanol–water partition coefficient (Wildman–Crippen LogP) is 8.71. The Kier molecular flexibility index (Phi) is 17.5. The van der Waals surface area contributed by atoms with Crippen LogP contribution in [0.5, 0.6) is 0 Å². The fourth-order valence-corrected chi connectivity index (χ4v) is 5.11. The van der Waals surface area contributed by atoms with E-state index in [2.05, 4.69) is 20.8 Å². The normalized spacial score (nSPS) is 19.5. The summed E-state index contributed by atoms with van der Waals surface area (Å²) >= 11 is 0. The van der Waals surface area contributed by atoms with Crippen molar-refractivity contribution in [3.63, 3.8) is 0 Å². The fourth-order valence-electron chi connectivity index (χ4n) is 5.11. The molecule has 3 unspecified atom stereocenters. The Morgan fingerprint density at radius 2 is 1.24 bits per heavy atom. The van der Waals surface area contributed by atoms with Gasteiger partial charge in [-0.15, -0.1) is 0 Å². The third-order valence-electron chi connectivity index (χ3n) is 7.33. The molecule has 1 rings (SSSR count). The standard InChI is InChI=1S/C29H54O4/c1-4-5-6-7-8-9-10-11-12-15-21-27(22-16-13-14-18-24(2)3)33-29(32)26-20-17-19-25(23-26)28(30)31/h24-27H,4-23H2,1-3H3,(H,30,31). The van der Waals surface area contributed by atoms with Crippen LogP contribution in [0.2, 0.25) is 0 Å². The molecule has 0 saturated heterocycles. The molecule has 0 aromatic carbocycles. The van der Waals surface area contributed by atoms with E-state index in [0.717, 1.165) is 44.4 Å². The van der Waals surface area contributed by atoms with E-state index in [9.17, 15) is 14.7 Å². The van der Waals surface area contributed by atoms with Gasteiger partial charge in [0.25, 0.3) is 0 Å². The molecule has 1 aliphatic rings. The molecule has 0 aromatic heterocycles. The van der Waals surface area contributed by atoms with Crippen LogP contribution in [0.1, 0.15) is 149 Å². The van der Waals surface area contributed by atoms with E-state index < -0.39 is 5.97 Å². The van der Waals surface area contributed by atoms with Crippen LogP contribution in [-0.4, -0.2) is 23.1 Å². The van der Waals surface area contributed by atoms with E-state index in [4.69, 9.17) is 4.74 Å². The van der Waals surface area contributed by atoms with Gasteiger partial charge in [-0.2, -0.15) is 0 Å². The van der Waals surface area contributed by atoms with Crippen LogP contribution < -0.4 is 0 Å². The molecule has 0 aromatic rings. The molecule has 1 aliphatic carbocycles. The number of ether oxygens (including phenoxy) is 1. The molecule has 0 amide bonds. The average molecular weight is 467 g/mol. The Labute approximate surface area is 204 Å². The second kappa shape index (κ2) is 19.3. The maximum atomic E-state index is 12.8. The summed E-state index contributed by atoms with van der Waals surface area (Å²) in [6.45, 7) is 6.80. The number of carbonyl (C=O) groups is 2. The summed E-state index contributed by atoms with van der Waals surface area (Å²) in [6.07, 6.45) is 22.6. The number of hydrogen-bond acceptors (Lipinski definition) is 3. The van der Waals surface area contributed by atoms with Gasteiger partial charge in [0, 0.05) is 0 Å². The zero-order valence-corrected chi connectivity index (χ0v) is 22.1. The summed E-state index contributed by atoms with van der Waals surface area (Å²) in [6, 6.07) is 0. The van der Waals surface area contributed by atoms with Gasteiger partial charge in [0.15, 0.2) is 0 Å². The Bertz CT molecular complexity index is 502. The van der Waals surface area contributed by atoms with Crippen molar-refractivity contribution < 1.29 is 19.4 Å². The number of esters is 1. The zero-order chi connectivity index (χ0) is 24.3. The first kappa shape index (κ1) is 30.0. The molecular formula is C29H54O4. The highest BCUT2D eigenvalue weighted by atomic mass is 16.5. The maximum absolute atomic E-state index is 12.8. The summed E-state index contributed by atoms with van der Waals surface area (Å²) in [5.74, 6) is -0.762. The highest BCUT2D eigenvalue weighted by Crippen LogP contribution is 2.31. The molecule has 33 heavy (non-hydrogen) atoms. The lowest BCUT2D eigenvalue weighted by molar-refractivity contribution is -0.158. The summed E-state index contributed by atoms with van der Waals surface area (Å²) in [5.41, 5.74) is 0. The van der Waals surface area contributed by atoms with Crippen molar-refractivity contribution in [1.82, 2.24) is 0 Å². The molecule has 1 fully saturated rings. The van der Waals surface area contributed by atoms with Gasteiger partial charge in [0.05, 0.1) is 11.8 Å². The molecule has 194 valence electrons. The maximum Gasteiger partial charge on any atom is 0.309 e. The first-order valence-corrected chi connectivity index (χ1v) is 14.4. The third-order valence-corrected chi connectivity index (χ3v) is 7.33. The number of hydrogen-bond donors (Lipinski definition) is 1. The quantitative estimate of drug-likeness (QED) is 0.144. The third kappa shape index (κ3) is 15.5. The molecule has 3 atom stereocenters.